The molecule has 0 aliphatic carbocycles. The van der Waals surface area contributed by atoms with Crippen molar-refractivity contribution in [2.45, 2.75) is 225 Å². The molecular weight excluding hydrogens is 2570 g/mol. The molecule has 0 N–H and O–H groups in total. The molecule has 74 nitrogen and oxygen atoms in total. The SMILES string of the molecule is CCCCCCCCCCCCOC1O[C@H](COS(=O)(=O)[O-])[C@@H](OS(=O)(=O)[O-])[C@H](O[C@@H]2O[C@H](COS(=O)(=O)[O-])[C@@H](OS(=O)(=O)[O-])[C@H](O[C@@H]3O[C@H](COS(=O)(=O)[O-])[C@@H](OS(=O)(=O)[O-])[C@H](O[C@@H]4O[C@H](COS(=O)(=O)[O-])[C@@H](OS(=O)(=O)[O-])[C@H](O[C@@H]5O[C@H](COS(=O)(=O)[O-])[C@@H](OS(=O)(=O)[O-])[C@H](OS(=O)(=O)[O-])[C@H]5OS(=O)(=O)[O-])[C@H]4OS(=O)(=O)[O-])[C@H]3OS(=O)(=O)[O-])[C@H]2OS(=O)(=O)[O-])[C@H]1OS(=O)(=O)[O-].[Na+].[Na+].[Na+].[Na+].[Na+].[Na+].[Na+].[Na+].[Na+].[Na+].[Na+].[Na+].[Na+].[Na+].[Na+].[Na+]. The maximum atomic E-state index is 13.2. The maximum Gasteiger partial charge on any atom is 1.00 e. The van der Waals surface area contributed by atoms with Crippen LogP contribution in [0.3, 0.4) is 0 Å². The molecule has 25 atom stereocenters. The first-order valence-corrected chi connectivity index (χ1v) is 55.2. The van der Waals surface area contributed by atoms with Crippen LogP contribution in [0.1, 0.15) is 71.1 Å². The zero-order valence-electron chi connectivity index (χ0n) is 79.5. The first-order valence-electron chi connectivity index (χ1n) is 33.9. The molecule has 0 radical (unpaired) electrons. The van der Waals surface area contributed by atoms with Gasteiger partial charge in [-0.05, 0) is 6.42 Å². The molecule has 5 aliphatic rings. The van der Waals surface area contributed by atoms with Crippen molar-refractivity contribution in [3.05, 3.63) is 0 Å². The molecule has 5 saturated heterocycles. The second-order valence-corrected chi connectivity index (χ2v) is 42.2. The summed E-state index contributed by atoms with van der Waals surface area (Å²) in [6.07, 6.45) is -95.4. The van der Waals surface area contributed by atoms with Crippen LogP contribution >= 0.6 is 0 Å². The van der Waals surface area contributed by atoms with E-state index in [4.69, 9.17) is 47.4 Å². The maximum absolute atomic E-state index is 13.2. The minimum atomic E-state index is -7.48. The van der Waals surface area contributed by atoms with Crippen LogP contribution in [-0.2, 0) is 281 Å². The molecule has 5 fully saturated rings. The van der Waals surface area contributed by atoms with Gasteiger partial charge in [0.1, 0.15) is 91.6 Å². The van der Waals surface area contributed by atoms with Gasteiger partial charge in [0.05, 0.1) is 33.0 Å². The topological polar surface area (TPSA) is 1160 Å². The van der Waals surface area contributed by atoms with Gasteiger partial charge in [-0.1, -0.05) is 64.7 Å². The second kappa shape index (κ2) is 79.6. The van der Waals surface area contributed by atoms with Gasteiger partial charge in [-0.15, -0.1) is 0 Å². The van der Waals surface area contributed by atoms with Crippen molar-refractivity contribution in [1.29, 1.82) is 0 Å². The van der Waals surface area contributed by atoms with E-state index in [1.807, 2.05) is 6.92 Å². The molecule has 106 heteroatoms. The molecule has 784 valence electrons. The molecule has 0 aromatic heterocycles. The fraction of sp³-hybridized carbons (Fsp3) is 1.00. The molecule has 5 rings (SSSR count). The molecule has 0 amide bonds. The third kappa shape index (κ3) is 77.4. The Kier molecular flexibility index (Phi) is 100. The van der Waals surface area contributed by atoms with Crippen LogP contribution in [0.25, 0.3) is 0 Å². The Labute approximate surface area is 1200 Å². The van der Waals surface area contributed by atoms with Gasteiger partial charge in [0, 0.05) is 6.61 Å². The van der Waals surface area contributed by atoms with Crippen molar-refractivity contribution in [2.24, 2.45) is 0 Å². The Bertz CT molecular complexity index is 5890. The van der Waals surface area contributed by atoms with E-state index in [1.165, 1.54) is 0 Å². The Morgan fingerprint density at radius 3 is 0.473 bits per heavy atom. The van der Waals surface area contributed by atoms with Crippen molar-refractivity contribution in [3.8, 4) is 0 Å². The standard InChI is InChI=1S/C42H76O74S16.16Na/c1-2-3-4-5-6-7-8-9-10-11-12-91-38-33(112-128(76,77)78)28(23(106-122(58,59)60)18(97-38)13-92-117(43,44)45)102-39-34(113-129(79,80)81)29(24(107-123(61,62)63)19(98-39)14-93-118(46,47)48)103-40-35(114-130(82,83)84)30(25(108-124(64,65)66)20(99-40)15-94-119(49,50)51)104-41-36(115-131(85,86)87)31(26(109-125(67,68)69)21(100-41)16-95-120(52,53)54)105-42-37(116-132(88,89)90)32(111-127(73,74)75)27(110-126(70,71)72)22(101-42)17-96-121(55,56)57;;;;;;;;;;;;;;;;/h18-42H,2-17H2,1H3,(H,43,44,45)(H,46,47,48)(H,49,50,51)(H,52,53,54)(H,55,56,57)(H,58,59,60)(H,61,62,63)(H,64,65,66)(H,67,68,69)(H,70,71,72)(H,73,74,75)(H,76,77,78)(H,79,80,81)(H,82,83,84)(H,85,86,87)(H,88,89,90);;;;;;;;;;;;;;;;/q;16*+1/p-16/t18-,19-,20-,21-,22-,23-,24-,25-,26-,27-,28+,29+,30+,31+,32+,33-,34-,35-,36-,37-,38?,39+,40+,41+,42+;;;;;;;;;;;;;;;;/m1................/s1. The van der Waals surface area contributed by atoms with E-state index < -0.39 is 360 Å². The van der Waals surface area contributed by atoms with Crippen LogP contribution in [0.15, 0.2) is 0 Å². The van der Waals surface area contributed by atoms with Crippen LogP contribution in [0, 0.1) is 0 Å². The minimum absolute atomic E-state index is 0. The molecular formula is C42H60Na16O74S16. The molecule has 1 unspecified atom stereocenters. The second-order valence-electron chi connectivity index (χ2n) is 25.8. The van der Waals surface area contributed by atoms with Crippen LogP contribution in [0.2, 0.25) is 0 Å². The summed E-state index contributed by atoms with van der Waals surface area (Å²) < 4.78 is 720. The third-order valence-electron chi connectivity index (χ3n) is 16.3. The normalized spacial score (nSPS) is 28.0. The van der Waals surface area contributed by atoms with Gasteiger partial charge in [0.2, 0.25) is 166 Å². The Balaban J connectivity index is -0.00000116. The van der Waals surface area contributed by atoms with E-state index >= 15 is 0 Å². The average Bonchev–Trinajstić information content (AvgIpc) is 0.742. The number of unbranched alkanes of at least 4 members (excludes halogenated alkanes) is 9. The number of hydrogen-bond donors (Lipinski definition) is 0. The summed E-state index contributed by atoms with van der Waals surface area (Å²) in [6, 6.07) is 0. The Hall–Kier alpha value is 13.5. The zero-order valence-corrected chi connectivity index (χ0v) is 125. The molecule has 0 spiro atoms. The van der Waals surface area contributed by atoms with E-state index in [2.05, 4.69) is 66.9 Å². The summed E-state index contributed by atoms with van der Waals surface area (Å²) in [7, 11) is -111. The predicted molar refractivity (Wildman–Crippen MR) is 359 cm³/mol. The average molecular weight is 2630 g/mol. The Morgan fingerprint density at radius 1 is 0.169 bits per heavy atom. The Morgan fingerprint density at radius 2 is 0.304 bits per heavy atom. The molecule has 0 aromatic carbocycles. The fourth-order valence-electron chi connectivity index (χ4n) is 12.1. The number of ether oxygens (including phenoxy) is 10. The largest absolute Gasteiger partial charge is 1.00 e. The number of hydrogen-bond acceptors (Lipinski definition) is 74. The van der Waals surface area contributed by atoms with Gasteiger partial charge in [-0.25, -0.2) is 135 Å². The van der Waals surface area contributed by atoms with Crippen molar-refractivity contribution in [1.82, 2.24) is 0 Å². The van der Waals surface area contributed by atoms with E-state index in [-0.39, 0.29) is 492 Å². The van der Waals surface area contributed by atoms with Crippen molar-refractivity contribution < 1.29 is 795 Å². The van der Waals surface area contributed by atoms with Crippen molar-refractivity contribution in [2.75, 3.05) is 39.6 Å². The van der Waals surface area contributed by atoms with E-state index in [0.29, 0.717) is 19.3 Å². The monoisotopic (exact) mass is 2630 g/mol. The summed E-state index contributed by atoms with van der Waals surface area (Å²) >= 11 is 0. The summed E-state index contributed by atoms with van der Waals surface area (Å²) in [5.74, 6) is 0. The molecule has 5 aliphatic heterocycles. The quantitative estimate of drug-likeness (QED) is 0.0236. The number of rotatable bonds is 57. The summed E-state index contributed by atoms with van der Waals surface area (Å²) in [4.78, 5) is 0. The molecule has 0 bridgehead atoms. The first-order chi connectivity index (χ1) is 59.3. The van der Waals surface area contributed by atoms with Crippen LogP contribution < -0.4 is 473 Å². The van der Waals surface area contributed by atoms with Crippen molar-refractivity contribution in [3.63, 3.8) is 0 Å². The molecule has 148 heavy (non-hydrogen) atoms. The van der Waals surface area contributed by atoms with Gasteiger partial charge in [0.15, 0.2) is 62.0 Å². The summed E-state index contributed by atoms with van der Waals surface area (Å²) in [6.45, 7) is -11.9. The van der Waals surface area contributed by atoms with E-state index in [0.717, 1.165) is 25.7 Å². The van der Waals surface area contributed by atoms with Gasteiger partial charge in [0.25, 0.3) is 0 Å². The van der Waals surface area contributed by atoms with E-state index in [1.54, 1.807) is 0 Å². The van der Waals surface area contributed by atoms with Gasteiger partial charge in [-0.3, -0.25) is 66.9 Å². The summed E-state index contributed by atoms with van der Waals surface area (Å²) in [5, 5.41) is 0. The van der Waals surface area contributed by atoms with Crippen LogP contribution in [0.5, 0.6) is 0 Å². The third-order valence-corrected chi connectivity index (χ3v) is 23.5. The van der Waals surface area contributed by atoms with Crippen LogP contribution in [-0.4, -0.2) is 401 Å². The smallest absolute Gasteiger partial charge is 0.726 e. The van der Waals surface area contributed by atoms with Gasteiger partial charge < -0.3 is 120 Å². The zero-order chi connectivity index (χ0) is 101. The molecule has 0 aromatic rings. The fourth-order valence-corrected chi connectivity index (χ4v) is 19.0. The predicted octanol–water partition coefficient (Wildman–Crippen LogP) is -63.2. The van der Waals surface area contributed by atoms with E-state index in [9.17, 15) is 208 Å². The van der Waals surface area contributed by atoms with Crippen molar-refractivity contribution >= 4 is 166 Å². The van der Waals surface area contributed by atoms with Crippen LogP contribution in [0.4, 0.5) is 0 Å². The van der Waals surface area contributed by atoms with Gasteiger partial charge in [-0.2, -0.15) is 0 Å². The summed E-state index contributed by atoms with van der Waals surface area (Å²) in [5.41, 5.74) is 0. The molecule has 5 heterocycles. The minimum Gasteiger partial charge on any atom is -0.726 e. The van der Waals surface area contributed by atoms with Gasteiger partial charge >= 0.3 is 473 Å². The first kappa shape index (κ1) is 186. The molecule has 0 saturated carbocycles.